The fraction of sp³-hybridized carbons (Fsp3) is 0.500. The zero-order valence-corrected chi connectivity index (χ0v) is 11.1. The highest BCUT2D eigenvalue weighted by Gasteiger charge is 2.38. The Labute approximate surface area is 112 Å². The van der Waals surface area contributed by atoms with E-state index in [2.05, 4.69) is 4.90 Å². The maximum atomic E-state index is 11.9. The van der Waals surface area contributed by atoms with Crippen LogP contribution in [-0.2, 0) is 9.53 Å². The molecule has 19 heavy (non-hydrogen) atoms. The molecule has 2 heterocycles. The van der Waals surface area contributed by atoms with Gasteiger partial charge in [0.25, 0.3) is 0 Å². The van der Waals surface area contributed by atoms with Crippen LogP contribution in [0.4, 0.5) is 0 Å². The van der Waals surface area contributed by atoms with Crippen molar-refractivity contribution in [1.82, 2.24) is 4.90 Å². The van der Waals surface area contributed by atoms with E-state index in [-0.39, 0.29) is 24.6 Å². The summed E-state index contributed by atoms with van der Waals surface area (Å²) in [5.74, 6) is 1.41. The lowest BCUT2D eigenvalue weighted by Gasteiger charge is -2.17. The van der Waals surface area contributed by atoms with Crippen LogP contribution in [0.1, 0.15) is 11.5 Å². The minimum Gasteiger partial charge on any atom is -0.469 e. The number of carbonyl (C=O) groups is 1. The van der Waals surface area contributed by atoms with Gasteiger partial charge < -0.3 is 19.1 Å². The Morgan fingerprint density at radius 1 is 1.32 bits per heavy atom. The van der Waals surface area contributed by atoms with Crippen molar-refractivity contribution in [2.75, 3.05) is 34.0 Å². The number of carbonyl (C=O) groups excluding carboxylic acids is 1. The summed E-state index contributed by atoms with van der Waals surface area (Å²) < 4.78 is 15.6. The highest BCUT2D eigenvalue weighted by Crippen LogP contribution is 2.39. The molecule has 0 N–H and O–H groups in total. The predicted molar refractivity (Wildman–Crippen MR) is 68.3 cm³/mol. The minimum absolute atomic E-state index is 0.115. The second-order valence-electron chi connectivity index (χ2n) is 5.07. The van der Waals surface area contributed by atoms with Crippen LogP contribution in [0.3, 0.4) is 0 Å². The van der Waals surface area contributed by atoms with Crippen LogP contribution in [0.25, 0.3) is 0 Å². The van der Waals surface area contributed by atoms with Crippen LogP contribution in [0, 0.1) is 5.92 Å². The fourth-order valence-electron chi connectivity index (χ4n) is 2.87. The van der Waals surface area contributed by atoms with Crippen LogP contribution in [0.5, 0.6) is 11.5 Å². The van der Waals surface area contributed by atoms with Crippen molar-refractivity contribution in [1.29, 1.82) is 0 Å². The molecule has 0 aromatic heterocycles. The molecule has 2 aliphatic heterocycles. The highest BCUT2D eigenvalue weighted by atomic mass is 16.7. The number of nitrogens with zero attached hydrogens (tertiary/aromatic N) is 1. The third kappa shape index (κ3) is 2.14. The monoisotopic (exact) mass is 263 g/mol. The summed E-state index contributed by atoms with van der Waals surface area (Å²) in [6, 6.07) is 5.89. The molecule has 102 valence electrons. The first-order valence-corrected chi connectivity index (χ1v) is 6.35. The van der Waals surface area contributed by atoms with Crippen molar-refractivity contribution in [3.63, 3.8) is 0 Å². The summed E-state index contributed by atoms with van der Waals surface area (Å²) in [5, 5.41) is 0. The lowest BCUT2D eigenvalue weighted by molar-refractivity contribution is -0.145. The molecule has 5 nitrogen and oxygen atoms in total. The molecule has 0 saturated carbocycles. The molecule has 5 heteroatoms. The Morgan fingerprint density at radius 2 is 2.11 bits per heavy atom. The molecule has 2 unspecified atom stereocenters. The summed E-state index contributed by atoms with van der Waals surface area (Å²) in [7, 11) is 3.46. The van der Waals surface area contributed by atoms with Crippen molar-refractivity contribution in [3.8, 4) is 11.5 Å². The zero-order chi connectivity index (χ0) is 13.4. The van der Waals surface area contributed by atoms with Gasteiger partial charge in [0, 0.05) is 19.0 Å². The van der Waals surface area contributed by atoms with Crippen molar-refractivity contribution < 1.29 is 19.0 Å². The third-order valence-corrected chi connectivity index (χ3v) is 3.83. The van der Waals surface area contributed by atoms with Gasteiger partial charge in [-0.25, -0.2) is 0 Å². The lowest BCUT2D eigenvalue weighted by Crippen LogP contribution is -2.23. The third-order valence-electron chi connectivity index (χ3n) is 3.83. The molecule has 0 bridgehead atoms. The maximum absolute atomic E-state index is 11.9. The number of hydrogen-bond acceptors (Lipinski definition) is 5. The quantitative estimate of drug-likeness (QED) is 0.751. The summed E-state index contributed by atoms with van der Waals surface area (Å²) in [4.78, 5) is 14.0. The average molecular weight is 263 g/mol. The minimum atomic E-state index is -0.146. The Morgan fingerprint density at radius 3 is 2.89 bits per heavy atom. The Bertz CT molecular complexity index is 502. The van der Waals surface area contributed by atoms with Crippen molar-refractivity contribution in [3.05, 3.63) is 23.8 Å². The molecule has 1 fully saturated rings. The van der Waals surface area contributed by atoms with E-state index in [1.165, 1.54) is 7.11 Å². The molecule has 0 amide bonds. The van der Waals surface area contributed by atoms with Gasteiger partial charge in [-0.3, -0.25) is 4.79 Å². The van der Waals surface area contributed by atoms with E-state index in [1.807, 2.05) is 25.2 Å². The molecule has 1 aromatic rings. The number of rotatable bonds is 2. The molecule has 0 aliphatic carbocycles. The van der Waals surface area contributed by atoms with E-state index in [4.69, 9.17) is 14.2 Å². The van der Waals surface area contributed by atoms with Crippen LogP contribution < -0.4 is 9.47 Å². The smallest absolute Gasteiger partial charge is 0.310 e. The Balaban J connectivity index is 1.89. The van der Waals surface area contributed by atoms with Crippen LogP contribution in [0.15, 0.2) is 18.2 Å². The van der Waals surface area contributed by atoms with Crippen LogP contribution in [-0.4, -0.2) is 44.9 Å². The van der Waals surface area contributed by atoms with Gasteiger partial charge in [0.1, 0.15) is 0 Å². The van der Waals surface area contributed by atoms with Gasteiger partial charge in [-0.1, -0.05) is 6.07 Å². The highest BCUT2D eigenvalue weighted by molar-refractivity contribution is 5.74. The Kier molecular flexibility index (Phi) is 3.06. The van der Waals surface area contributed by atoms with Gasteiger partial charge in [0.05, 0.1) is 13.0 Å². The van der Waals surface area contributed by atoms with Crippen molar-refractivity contribution >= 4 is 5.97 Å². The maximum Gasteiger partial charge on any atom is 0.310 e. The van der Waals surface area contributed by atoms with E-state index < -0.39 is 0 Å². The normalized spacial score (nSPS) is 25.6. The largest absolute Gasteiger partial charge is 0.469 e. The molecule has 0 radical (unpaired) electrons. The van der Waals surface area contributed by atoms with Gasteiger partial charge in [0.2, 0.25) is 6.79 Å². The molecular weight excluding hydrogens is 246 g/mol. The molecule has 0 spiro atoms. The summed E-state index contributed by atoms with van der Waals surface area (Å²) >= 11 is 0. The van der Waals surface area contributed by atoms with Crippen LogP contribution >= 0.6 is 0 Å². The second kappa shape index (κ2) is 4.74. The van der Waals surface area contributed by atoms with E-state index in [0.717, 1.165) is 30.2 Å². The number of fused-ring (bicyclic) bond motifs is 1. The number of esters is 1. The van der Waals surface area contributed by atoms with Gasteiger partial charge in [-0.2, -0.15) is 0 Å². The summed E-state index contributed by atoms with van der Waals surface area (Å²) in [5.41, 5.74) is 1.10. The van der Waals surface area contributed by atoms with E-state index in [0.29, 0.717) is 0 Å². The average Bonchev–Trinajstić information content (AvgIpc) is 3.02. The number of methoxy groups -OCH3 is 1. The number of likely N-dealkylation sites (N-methyl/N-ethyl adjacent to an activating group) is 1. The fourth-order valence-corrected chi connectivity index (χ4v) is 2.87. The van der Waals surface area contributed by atoms with E-state index in [1.54, 1.807) is 0 Å². The number of likely N-dealkylation sites (tertiary alicyclic amines) is 1. The topological polar surface area (TPSA) is 48.0 Å². The van der Waals surface area contributed by atoms with Gasteiger partial charge in [-0.15, -0.1) is 0 Å². The van der Waals surface area contributed by atoms with Gasteiger partial charge in [-0.05, 0) is 24.7 Å². The summed E-state index contributed by atoms with van der Waals surface area (Å²) in [6.45, 7) is 1.84. The number of hydrogen-bond donors (Lipinski definition) is 0. The van der Waals surface area contributed by atoms with Crippen molar-refractivity contribution in [2.45, 2.75) is 5.92 Å². The molecule has 1 saturated heterocycles. The van der Waals surface area contributed by atoms with Gasteiger partial charge in [0.15, 0.2) is 11.5 Å². The first-order valence-electron chi connectivity index (χ1n) is 6.35. The molecule has 2 atom stereocenters. The molecule has 3 rings (SSSR count). The van der Waals surface area contributed by atoms with Crippen molar-refractivity contribution in [2.24, 2.45) is 5.92 Å². The predicted octanol–water partition coefficient (Wildman–Crippen LogP) is 1.23. The lowest BCUT2D eigenvalue weighted by atomic mass is 9.89. The number of benzene rings is 1. The number of ether oxygens (including phenoxy) is 3. The molecule has 2 aliphatic rings. The van der Waals surface area contributed by atoms with Crippen LogP contribution in [0.2, 0.25) is 0 Å². The SMILES string of the molecule is COC(=O)C1CN(C)CC1c1ccc2c(c1)OCO2. The first-order chi connectivity index (χ1) is 9.19. The first kappa shape index (κ1) is 12.3. The second-order valence-corrected chi connectivity index (χ2v) is 5.07. The Hall–Kier alpha value is -1.75. The van der Waals surface area contributed by atoms with E-state index in [9.17, 15) is 4.79 Å². The molecule has 1 aromatic carbocycles. The standard InChI is InChI=1S/C14H17NO4/c1-15-6-10(11(7-15)14(16)17-2)9-3-4-12-13(5-9)19-8-18-12/h3-5,10-11H,6-8H2,1-2H3. The summed E-state index contributed by atoms with van der Waals surface area (Å²) in [6.07, 6.45) is 0. The molecular formula is C14H17NO4. The van der Waals surface area contributed by atoms with Gasteiger partial charge >= 0.3 is 5.97 Å². The zero-order valence-electron chi connectivity index (χ0n) is 11.1. The van der Waals surface area contributed by atoms with E-state index >= 15 is 0 Å².